The summed E-state index contributed by atoms with van der Waals surface area (Å²) in [6, 6.07) is 7.55. The number of rotatable bonds is 6. The number of esters is 1. The molecule has 0 atom stereocenters. The summed E-state index contributed by atoms with van der Waals surface area (Å²) in [7, 11) is 0. The number of nitrogens with zero attached hydrogens (tertiary/aromatic N) is 3. The molecule has 27 heavy (non-hydrogen) atoms. The molecular formula is C18H15N3O6. The standard InChI is InChI=1S/C18H15N3O6/c1-11-9-15(12(2)26-11)18-20-19-16(27-18)10-25-17(22)8-5-13-3-6-14(7-4-13)21(23)24/h3-9H,10H2,1-2H3/b8-5+. The van der Waals surface area contributed by atoms with Crippen LogP contribution < -0.4 is 0 Å². The van der Waals surface area contributed by atoms with Crippen LogP contribution in [0, 0.1) is 24.0 Å². The maximum Gasteiger partial charge on any atom is 0.331 e. The van der Waals surface area contributed by atoms with Crippen molar-refractivity contribution in [3.05, 3.63) is 69.5 Å². The number of aryl methyl sites for hydroxylation is 2. The predicted molar refractivity (Wildman–Crippen MR) is 93.4 cm³/mol. The molecule has 2 heterocycles. The quantitative estimate of drug-likeness (QED) is 0.279. The lowest BCUT2D eigenvalue weighted by atomic mass is 10.2. The van der Waals surface area contributed by atoms with Crippen molar-refractivity contribution in [2.24, 2.45) is 0 Å². The van der Waals surface area contributed by atoms with E-state index < -0.39 is 10.9 Å². The molecule has 0 radical (unpaired) electrons. The van der Waals surface area contributed by atoms with Gasteiger partial charge in [0.2, 0.25) is 0 Å². The minimum atomic E-state index is -0.608. The topological polar surface area (TPSA) is 122 Å². The lowest BCUT2D eigenvalue weighted by Crippen LogP contribution is -2.00. The van der Waals surface area contributed by atoms with Gasteiger partial charge in [0.15, 0.2) is 6.61 Å². The van der Waals surface area contributed by atoms with Crippen LogP contribution >= 0.6 is 0 Å². The normalized spacial score (nSPS) is 11.0. The summed E-state index contributed by atoms with van der Waals surface area (Å²) in [5.74, 6) is 1.22. The summed E-state index contributed by atoms with van der Waals surface area (Å²) in [6.07, 6.45) is 2.70. The molecule has 0 aliphatic carbocycles. The minimum Gasteiger partial charge on any atom is -0.466 e. The summed E-state index contributed by atoms with van der Waals surface area (Å²) < 4.78 is 15.9. The van der Waals surface area contributed by atoms with E-state index in [1.807, 2.05) is 6.92 Å². The molecule has 9 heteroatoms. The average Bonchev–Trinajstić information content (AvgIpc) is 3.24. The molecule has 9 nitrogen and oxygen atoms in total. The van der Waals surface area contributed by atoms with Gasteiger partial charge >= 0.3 is 5.97 Å². The lowest BCUT2D eigenvalue weighted by Gasteiger charge is -1.97. The fourth-order valence-electron chi connectivity index (χ4n) is 2.32. The predicted octanol–water partition coefficient (Wildman–Crippen LogP) is 3.61. The first kappa shape index (κ1) is 18.1. The van der Waals surface area contributed by atoms with Gasteiger partial charge < -0.3 is 13.6 Å². The Kier molecular flexibility index (Phi) is 5.11. The molecule has 0 fully saturated rings. The molecule has 3 aromatic rings. The fourth-order valence-corrected chi connectivity index (χ4v) is 2.32. The zero-order valence-electron chi connectivity index (χ0n) is 14.5. The van der Waals surface area contributed by atoms with E-state index in [-0.39, 0.29) is 24.1 Å². The number of nitro groups is 1. The highest BCUT2D eigenvalue weighted by molar-refractivity contribution is 5.87. The number of ether oxygens (including phenoxy) is 1. The first-order chi connectivity index (χ1) is 12.9. The number of carbonyl (C=O) groups is 1. The number of furan rings is 1. The van der Waals surface area contributed by atoms with E-state index in [0.29, 0.717) is 16.9 Å². The highest BCUT2D eigenvalue weighted by Crippen LogP contribution is 2.25. The van der Waals surface area contributed by atoms with Crippen molar-refractivity contribution in [2.75, 3.05) is 0 Å². The van der Waals surface area contributed by atoms with E-state index in [2.05, 4.69) is 10.2 Å². The van der Waals surface area contributed by atoms with Crippen LogP contribution in [0.2, 0.25) is 0 Å². The van der Waals surface area contributed by atoms with Gasteiger partial charge in [-0.25, -0.2) is 4.79 Å². The van der Waals surface area contributed by atoms with Gasteiger partial charge in [-0.3, -0.25) is 10.1 Å². The molecule has 0 saturated carbocycles. The first-order valence-corrected chi connectivity index (χ1v) is 7.91. The van der Waals surface area contributed by atoms with Crippen molar-refractivity contribution < 1.29 is 23.3 Å². The molecule has 138 valence electrons. The zero-order chi connectivity index (χ0) is 19.4. The van der Waals surface area contributed by atoms with Crippen LogP contribution in [0.4, 0.5) is 5.69 Å². The number of carbonyl (C=O) groups excluding carboxylic acids is 1. The van der Waals surface area contributed by atoms with Gasteiger partial charge in [-0.2, -0.15) is 0 Å². The Hall–Kier alpha value is -3.75. The number of nitro benzene ring substituents is 1. The Bertz CT molecular complexity index is 1000. The van der Waals surface area contributed by atoms with Crippen molar-refractivity contribution >= 4 is 17.7 Å². The van der Waals surface area contributed by atoms with Crippen LogP contribution in [0.25, 0.3) is 17.5 Å². The van der Waals surface area contributed by atoms with E-state index in [1.165, 1.54) is 36.4 Å². The Morgan fingerprint density at radius 2 is 1.96 bits per heavy atom. The molecule has 0 N–H and O–H groups in total. The number of hydrogen-bond donors (Lipinski definition) is 0. The third-order valence-corrected chi connectivity index (χ3v) is 3.59. The van der Waals surface area contributed by atoms with Crippen molar-refractivity contribution in [2.45, 2.75) is 20.5 Å². The van der Waals surface area contributed by atoms with Gasteiger partial charge in [-0.1, -0.05) is 0 Å². The number of benzene rings is 1. The number of aromatic nitrogens is 2. The van der Waals surface area contributed by atoms with Crippen molar-refractivity contribution in [3.8, 4) is 11.5 Å². The second-order valence-corrected chi connectivity index (χ2v) is 5.62. The SMILES string of the molecule is Cc1cc(-c2nnc(COC(=O)/C=C/c3ccc([N+](=O)[O-])cc3)o2)c(C)o1. The molecule has 3 rings (SSSR count). The van der Waals surface area contributed by atoms with E-state index in [9.17, 15) is 14.9 Å². The van der Waals surface area contributed by atoms with Crippen LogP contribution in [-0.4, -0.2) is 21.1 Å². The van der Waals surface area contributed by atoms with Gasteiger partial charge in [0, 0.05) is 18.2 Å². The molecule has 1 aromatic carbocycles. The molecule has 0 aliphatic rings. The smallest absolute Gasteiger partial charge is 0.331 e. The molecule has 0 bridgehead atoms. The summed E-state index contributed by atoms with van der Waals surface area (Å²) in [6.45, 7) is 3.42. The Labute approximate surface area is 153 Å². The summed E-state index contributed by atoms with van der Waals surface area (Å²) in [4.78, 5) is 21.9. The molecule has 0 aliphatic heterocycles. The van der Waals surface area contributed by atoms with Gasteiger partial charge in [0.25, 0.3) is 17.5 Å². The van der Waals surface area contributed by atoms with Gasteiger partial charge in [0.05, 0.1) is 10.5 Å². The lowest BCUT2D eigenvalue weighted by molar-refractivity contribution is -0.384. The summed E-state index contributed by atoms with van der Waals surface area (Å²) >= 11 is 0. The molecule has 0 amide bonds. The summed E-state index contributed by atoms with van der Waals surface area (Å²) in [5, 5.41) is 18.3. The number of non-ortho nitro benzene ring substituents is 1. The summed E-state index contributed by atoms with van der Waals surface area (Å²) in [5.41, 5.74) is 1.30. The van der Waals surface area contributed by atoms with Crippen molar-refractivity contribution in [1.82, 2.24) is 10.2 Å². The van der Waals surface area contributed by atoms with Gasteiger partial charge in [0.1, 0.15) is 11.5 Å². The van der Waals surface area contributed by atoms with Crippen LogP contribution in [0.5, 0.6) is 0 Å². The molecule has 0 unspecified atom stereocenters. The average molecular weight is 369 g/mol. The zero-order valence-corrected chi connectivity index (χ0v) is 14.5. The highest BCUT2D eigenvalue weighted by atomic mass is 16.6. The second kappa shape index (κ2) is 7.65. The fraction of sp³-hybridized carbons (Fsp3) is 0.167. The third kappa shape index (κ3) is 4.46. The first-order valence-electron chi connectivity index (χ1n) is 7.91. The van der Waals surface area contributed by atoms with Crippen LogP contribution in [0.3, 0.4) is 0 Å². The van der Waals surface area contributed by atoms with E-state index in [1.54, 1.807) is 13.0 Å². The van der Waals surface area contributed by atoms with Crippen LogP contribution in [-0.2, 0) is 16.1 Å². The third-order valence-electron chi connectivity index (χ3n) is 3.59. The van der Waals surface area contributed by atoms with Gasteiger partial charge in [-0.15, -0.1) is 10.2 Å². The van der Waals surface area contributed by atoms with Crippen LogP contribution in [0.15, 0.2) is 45.2 Å². The molecular weight excluding hydrogens is 354 g/mol. The highest BCUT2D eigenvalue weighted by Gasteiger charge is 2.15. The van der Waals surface area contributed by atoms with Crippen molar-refractivity contribution in [3.63, 3.8) is 0 Å². The van der Waals surface area contributed by atoms with Crippen molar-refractivity contribution in [1.29, 1.82) is 0 Å². The molecule has 0 spiro atoms. The molecule has 0 saturated heterocycles. The van der Waals surface area contributed by atoms with E-state index in [4.69, 9.17) is 13.6 Å². The molecule has 2 aromatic heterocycles. The monoisotopic (exact) mass is 369 g/mol. The minimum absolute atomic E-state index is 0.0232. The second-order valence-electron chi connectivity index (χ2n) is 5.62. The number of hydrogen-bond acceptors (Lipinski definition) is 8. The van der Waals surface area contributed by atoms with E-state index >= 15 is 0 Å². The largest absolute Gasteiger partial charge is 0.466 e. The van der Waals surface area contributed by atoms with E-state index in [0.717, 1.165) is 5.76 Å². The van der Waals surface area contributed by atoms with Gasteiger partial charge in [-0.05, 0) is 43.7 Å². The maximum atomic E-state index is 11.8. The Balaban J connectivity index is 1.56. The Morgan fingerprint density at radius 3 is 2.59 bits per heavy atom. The van der Waals surface area contributed by atoms with Crippen LogP contribution in [0.1, 0.15) is 23.0 Å². The maximum absolute atomic E-state index is 11.8. The Morgan fingerprint density at radius 1 is 1.22 bits per heavy atom.